The third kappa shape index (κ3) is 4.41. The fourth-order valence-corrected chi connectivity index (χ4v) is 3.88. The van der Waals surface area contributed by atoms with Crippen LogP contribution < -0.4 is 0 Å². The minimum Gasteiger partial charge on any atom is -0.300 e. The van der Waals surface area contributed by atoms with Crippen LogP contribution in [0.1, 0.15) is 29.5 Å². The summed E-state index contributed by atoms with van der Waals surface area (Å²) in [5.41, 5.74) is 4.73. The van der Waals surface area contributed by atoms with Gasteiger partial charge in [-0.25, -0.2) is 0 Å². The Kier molecular flexibility index (Phi) is 5.78. The number of aryl methyl sites for hydroxylation is 1. The molecule has 3 nitrogen and oxygen atoms in total. The zero-order valence-electron chi connectivity index (χ0n) is 15.0. The van der Waals surface area contributed by atoms with Gasteiger partial charge in [-0.1, -0.05) is 29.8 Å². The molecule has 1 aromatic heterocycles. The molecule has 2 fully saturated rings. The Balaban J connectivity index is 0.00000182. The molecule has 4 heteroatoms. The van der Waals surface area contributed by atoms with Crippen molar-refractivity contribution in [2.45, 2.75) is 31.7 Å². The summed E-state index contributed by atoms with van der Waals surface area (Å²) >= 11 is 0. The Hall–Kier alpha value is -1.42. The molecule has 0 radical (unpaired) electrons. The first-order chi connectivity index (χ1) is 11.7. The second-order valence-electron chi connectivity index (χ2n) is 7.55. The second-order valence-corrected chi connectivity index (χ2v) is 7.55. The van der Waals surface area contributed by atoms with Crippen molar-refractivity contribution in [3.63, 3.8) is 0 Å². The molecule has 0 amide bonds. The van der Waals surface area contributed by atoms with Crippen LogP contribution in [0.15, 0.2) is 48.8 Å². The fourth-order valence-electron chi connectivity index (χ4n) is 3.88. The number of hydrogen-bond donors (Lipinski definition) is 0. The summed E-state index contributed by atoms with van der Waals surface area (Å²) in [6, 6.07) is 13.5. The minimum absolute atomic E-state index is 0. The molecule has 0 spiro atoms. The van der Waals surface area contributed by atoms with Crippen molar-refractivity contribution in [3.05, 3.63) is 65.5 Å². The van der Waals surface area contributed by atoms with Crippen LogP contribution in [0.5, 0.6) is 0 Å². The summed E-state index contributed by atoms with van der Waals surface area (Å²) in [5, 5.41) is 0. The summed E-state index contributed by atoms with van der Waals surface area (Å²) in [6.45, 7) is 9.19. The Morgan fingerprint density at radius 1 is 0.880 bits per heavy atom. The summed E-state index contributed by atoms with van der Waals surface area (Å²) in [5.74, 6) is 0. The van der Waals surface area contributed by atoms with E-state index in [1.807, 2.05) is 12.4 Å². The van der Waals surface area contributed by atoms with Crippen molar-refractivity contribution in [2.75, 3.05) is 32.7 Å². The molecule has 1 aromatic carbocycles. The van der Waals surface area contributed by atoms with E-state index >= 15 is 0 Å². The molecule has 2 aliphatic rings. The molecule has 2 aromatic rings. The van der Waals surface area contributed by atoms with E-state index in [4.69, 9.17) is 0 Å². The van der Waals surface area contributed by atoms with Gasteiger partial charge in [-0.2, -0.15) is 0 Å². The van der Waals surface area contributed by atoms with Gasteiger partial charge in [-0.3, -0.25) is 14.8 Å². The molecule has 0 unspecified atom stereocenters. The first kappa shape index (κ1) is 18.4. The monoisotopic (exact) mass is 357 g/mol. The first-order valence-electron chi connectivity index (χ1n) is 9.14. The second kappa shape index (κ2) is 7.86. The first-order valence-corrected chi connectivity index (χ1v) is 9.14. The van der Waals surface area contributed by atoms with Crippen molar-refractivity contribution < 1.29 is 0 Å². The molecule has 4 rings (SSSR count). The molecule has 134 valence electrons. The number of nitrogens with zero attached hydrogens (tertiary/aromatic N) is 3. The lowest BCUT2D eigenvalue weighted by molar-refractivity contribution is 0.119. The zero-order chi connectivity index (χ0) is 16.4. The Morgan fingerprint density at radius 3 is 2.08 bits per heavy atom. The molecule has 0 N–H and O–H groups in total. The maximum absolute atomic E-state index is 4.11. The Labute approximate surface area is 157 Å². The summed E-state index contributed by atoms with van der Waals surface area (Å²) in [7, 11) is 0. The maximum Gasteiger partial charge on any atom is 0.0271 e. The van der Waals surface area contributed by atoms with E-state index < -0.39 is 0 Å². The SMILES string of the molecule is Cc1ccc(C2(CN3CCN(Cc4ccncc4)CC3)CC2)cc1.Cl. The van der Waals surface area contributed by atoms with Gasteiger partial charge in [-0.05, 0) is 43.0 Å². The largest absolute Gasteiger partial charge is 0.300 e. The van der Waals surface area contributed by atoms with E-state index in [9.17, 15) is 0 Å². The molecular weight excluding hydrogens is 330 g/mol. The van der Waals surface area contributed by atoms with E-state index in [1.165, 1.54) is 56.7 Å². The predicted molar refractivity (Wildman–Crippen MR) is 105 cm³/mol. The average molecular weight is 358 g/mol. The number of pyridine rings is 1. The van der Waals surface area contributed by atoms with Crippen molar-refractivity contribution in [1.29, 1.82) is 0 Å². The summed E-state index contributed by atoms with van der Waals surface area (Å²) in [6.07, 6.45) is 6.49. The fraction of sp³-hybridized carbons (Fsp3) is 0.476. The molecule has 0 bridgehead atoms. The predicted octanol–water partition coefficient (Wildman–Crippen LogP) is 3.66. The van der Waals surface area contributed by atoms with Gasteiger partial charge in [0.2, 0.25) is 0 Å². The number of hydrogen-bond acceptors (Lipinski definition) is 3. The van der Waals surface area contributed by atoms with Crippen molar-refractivity contribution in [3.8, 4) is 0 Å². The van der Waals surface area contributed by atoms with E-state index in [0.29, 0.717) is 5.41 Å². The van der Waals surface area contributed by atoms with Gasteiger partial charge in [0, 0.05) is 57.1 Å². The van der Waals surface area contributed by atoms with Gasteiger partial charge < -0.3 is 0 Å². The maximum atomic E-state index is 4.11. The van der Waals surface area contributed by atoms with E-state index in [0.717, 1.165) is 6.54 Å². The number of benzene rings is 1. The normalized spacial score (nSPS) is 20.0. The van der Waals surface area contributed by atoms with Gasteiger partial charge in [-0.15, -0.1) is 12.4 Å². The minimum atomic E-state index is 0. The highest BCUT2D eigenvalue weighted by atomic mass is 35.5. The standard InChI is InChI=1S/C21H27N3.ClH/c1-18-2-4-20(5-3-18)21(8-9-21)17-24-14-12-23(13-15-24)16-19-6-10-22-11-7-19;/h2-7,10-11H,8-9,12-17H2,1H3;1H. The molecule has 25 heavy (non-hydrogen) atoms. The van der Waals surface area contributed by atoms with Crippen LogP contribution in [0.3, 0.4) is 0 Å². The van der Waals surface area contributed by atoms with Gasteiger partial charge >= 0.3 is 0 Å². The summed E-state index contributed by atoms with van der Waals surface area (Å²) in [4.78, 5) is 9.35. The lowest BCUT2D eigenvalue weighted by Crippen LogP contribution is -2.48. The van der Waals surface area contributed by atoms with Crippen LogP contribution >= 0.6 is 12.4 Å². The third-order valence-electron chi connectivity index (χ3n) is 5.66. The number of piperazine rings is 1. The van der Waals surface area contributed by atoms with Crippen molar-refractivity contribution >= 4 is 12.4 Å². The van der Waals surface area contributed by atoms with E-state index in [-0.39, 0.29) is 12.4 Å². The van der Waals surface area contributed by atoms with Crippen LogP contribution in [0.4, 0.5) is 0 Å². The van der Waals surface area contributed by atoms with Crippen molar-refractivity contribution in [1.82, 2.24) is 14.8 Å². The van der Waals surface area contributed by atoms with Crippen LogP contribution in [0.25, 0.3) is 0 Å². The van der Waals surface area contributed by atoms with Crippen LogP contribution in [0, 0.1) is 6.92 Å². The van der Waals surface area contributed by atoms with E-state index in [1.54, 1.807) is 5.56 Å². The quantitative estimate of drug-likeness (QED) is 0.814. The van der Waals surface area contributed by atoms with E-state index in [2.05, 4.69) is 58.1 Å². The van der Waals surface area contributed by atoms with Crippen molar-refractivity contribution in [2.24, 2.45) is 0 Å². The zero-order valence-corrected chi connectivity index (χ0v) is 15.8. The number of halogens is 1. The highest BCUT2D eigenvalue weighted by molar-refractivity contribution is 5.85. The number of rotatable bonds is 5. The summed E-state index contributed by atoms with van der Waals surface area (Å²) < 4.78 is 0. The topological polar surface area (TPSA) is 19.4 Å². The smallest absolute Gasteiger partial charge is 0.0271 e. The van der Waals surface area contributed by atoms with Gasteiger partial charge in [0.05, 0.1) is 0 Å². The van der Waals surface area contributed by atoms with Crippen LogP contribution in [-0.2, 0) is 12.0 Å². The third-order valence-corrected chi connectivity index (χ3v) is 5.66. The molecular formula is C21H28ClN3. The molecule has 1 aliphatic heterocycles. The molecule has 1 aliphatic carbocycles. The average Bonchev–Trinajstić information content (AvgIpc) is 3.39. The lowest BCUT2D eigenvalue weighted by atomic mass is 9.94. The highest BCUT2D eigenvalue weighted by Crippen LogP contribution is 2.48. The Morgan fingerprint density at radius 2 is 1.48 bits per heavy atom. The highest BCUT2D eigenvalue weighted by Gasteiger charge is 2.45. The molecule has 1 saturated heterocycles. The molecule has 2 heterocycles. The Bertz CT molecular complexity index is 659. The van der Waals surface area contributed by atoms with Crippen LogP contribution in [-0.4, -0.2) is 47.5 Å². The molecule has 1 saturated carbocycles. The van der Waals surface area contributed by atoms with Gasteiger partial charge in [0.1, 0.15) is 0 Å². The van der Waals surface area contributed by atoms with Gasteiger partial charge in [0.15, 0.2) is 0 Å². The van der Waals surface area contributed by atoms with Crippen LogP contribution in [0.2, 0.25) is 0 Å². The lowest BCUT2D eigenvalue weighted by Gasteiger charge is -2.36. The number of aromatic nitrogens is 1. The van der Waals surface area contributed by atoms with Gasteiger partial charge in [0.25, 0.3) is 0 Å². The molecule has 0 atom stereocenters.